The molecule has 6 rings (SSSR count). The van der Waals surface area contributed by atoms with Gasteiger partial charge in [0, 0.05) is 37.1 Å². The molecule has 0 radical (unpaired) electrons. The fourth-order valence-electron chi connectivity index (χ4n) is 6.21. The van der Waals surface area contributed by atoms with Crippen LogP contribution in [0, 0.1) is 6.92 Å². The highest BCUT2D eigenvalue weighted by Gasteiger charge is 2.47. The Labute approximate surface area is 284 Å². The molecule has 5 aromatic carbocycles. The third kappa shape index (κ3) is 6.44. The van der Waals surface area contributed by atoms with Crippen molar-refractivity contribution in [2.24, 2.45) is 0 Å². The monoisotopic (exact) mass is 676 g/mol. The second-order valence-electron chi connectivity index (χ2n) is 11.2. The van der Waals surface area contributed by atoms with Crippen molar-refractivity contribution in [1.29, 1.82) is 0 Å². The van der Waals surface area contributed by atoms with Gasteiger partial charge in [-0.2, -0.15) is 0 Å². The number of hydrogen-bond donors (Lipinski definition) is 1. The molecule has 0 unspecified atom stereocenters. The van der Waals surface area contributed by atoms with Gasteiger partial charge in [-0.05, 0) is 78.3 Å². The molecule has 1 N–H and O–H groups in total. The Balaban J connectivity index is 1.66. The van der Waals surface area contributed by atoms with E-state index in [1.54, 1.807) is 42.5 Å². The molecule has 5 aromatic rings. The van der Waals surface area contributed by atoms with Gasteiger partial charge in [-0.1, -0.05) is 60.7 Å². The van der Waals surface area contributed by atoms with Crippen molar-refractivity contribution in [3.63, 3.8) is 0 Å². The fraction of sp³-hybridized carbons (Fsp3) is 0.154. The molecule has 1 aliphatic rings. The average Bonchev–Trinajstić information content (AvgIpc) is 3.08. The molecule has 0 amide bonds. The first-order valence-electron chi connectivity index (χ1n) is 15.4. The quantitative estimate of drug-likeness (QED) is 0.0901. The third-order valence-electron chi connectivity index (χ3n) is 8.09. The highest BCUT2D eigenvalue weighted by molar-refractivity contribution is 7.80. The van der Waals surface area contributed by atoms with Crippen molar-refractivity contribution in [3.8, 4) is 23.0 Å². The summed E-state index contributed by atoms with van der Waals surface area (Å²) >= 11 is 0. The Morgan fingerprint density at radius 2 is 1.22 bits per heavy atom. The molecule has 0 aromatic heterocycles. The number of ether oxygens (including phenoxy) is 5. The van der Waals surface area contributed by atoms with Crippen LogP contribution in [-0.2, 0) is 24.7 Å². The zero-order chi connectivity index (χ0) is 34.7. The first-order chi connectivity index (χ1) is 23.7. The largest absolute Gasteiger partial charge is 0.465 e. The summed E-state index contributed by atoms with van der Waals surface area (Å²) in [7, 11) is 0.119. The van der Waals surface area contributed by atoms with Crippen LogP contribution in [0.25, 0.3) is 0 Å². The normalized spacial score (nSPS) is 12.7. The minimum absolute atomic E-state index is 0.224. The maximum absolute atomic E-state index is 13.8. The second-order valence-corrected chi connectivity index (χ2v) is 13.4. The van der Waals surface area contributed by atoms with Crippen LogP contribution in [0.5, 0.6) is 23.0 Å². The average molecular weight is 677 g/mol. The van der Waals surface area contributed by atoms with E-state index < -0.39 is 38.2 Å². The van der Waals surface area contributed by atoms with Crippen LogP contribution in [0.4, 0.5) is 0 Å². The number of aliphatic hydroxyl groups excluding tert-OH is 1. The molecule has 248 valence electrons. The van der Waals surface area contributed by atoms with Gasteiger partial charge in [0.2, 0.25) is 0 Å². The van der Waals surface area contributed by atoms with Crippen LogP contribution in [0.3, 0.4) is 0 Å². The van der Waals surface area contributed by atoms with Crippen LogP contribution >= 0.6 is 7.92 Å². The SMILES string of the molecule is COC(=O)c1cc(C2(OCO)c3ccc(OC(C)=O)cc3Oc3cc(OC(C)=O)ccc32)c(C)cc1P(c1ccccc1)c1ccccc1. The van der Waals surface area contributed by atoms with Crippen molar-refractivity contribution in [2.45, 2.75) is 26.4 Å². The van der Waals surface area contributed by atoms with E-state index in [9.17, 15) is 19.5 Å². The number of methoxy groups -OCH3 is 1. The number of carbonyl (C=O) groups is 3. The molecule has 49 heavy (non-hydrogen) atoms. The topological polar surface area (TPSA) is 118 Å². The summed E-state index contributed by atoms with van der Waals surface area (Å²) in [6.45, 7) is 3.78. The van der Waals surface area contributed by atoms with E-state index in [1.807, 2.05) is 73.7 Å². The Morgan fingerprint density at radius 1 is 0.714 bits per heavy atom. The fourth-order valence-corrected chi connectivity index (χ4v) is 8.72. The lowest BCUT2D eigenvalue weighted by Crippen LogP contribution is -2.38. The maximum atomic E-state index is 13.8. The van der Waals surface area contributed by atoms with Crippen LogP contribution < -0.4 is 30.1 Å². The minimum atomic E-state index is -1.55. The van der Waals surface area contributed by atoms with Crippen molar-refractivity contribution >= 4 is 41.7 Å². The molecule has 0 saturated heterocycles. The van der Waals surface area contributed by atoms with E-state index in [1.165, 1.54) is 21.0 Å². The Bertz CT molecular complexity index is 1940. The number of benzene rings is 5. The van der Waals surface area contributed by atoms with Crippen LogP contribution in [0.2, 0.25) is 0 Å². The summed E-state index contributed by atoms with van der Waals surface area (Å²) in [6, 6.07) is 33.4. The van der Waals surface area contributed by atoms with Gasteiger partial charge in [-0.3, -0.25) is 9.59 Å². The van der Waals surface area contributed by atoms with Crippen molar-refractivity contribution in [2.75, 3.05) is 13.9 Å². The number of aryl methyl sites for hydroxylation is 1. The molecule has 0 fully saturated rings. The Hall–Kier alpha value is -5.34. The van der Waals surface area contributed by atoms with Crippen LogP contribution in [0.15, 0.2) is 109 Å². The standard InChI is InChI=1S/C39H33O9P/c1-24-19-37(49(29-11-7-5-8-12-29)30-13-9-6-10-14-30)31(38(43)44-4)22-34(24)39(45-23-40)32-17-15-27(46-25(2)41)20-35(32)48-36-21-28(47-26(3)42)16-18-33(36)39/h5-22,40H,23H2,1-4H3. The first kappa shape index (κ1) is 33.6. The van der Waals surface area contributed by atoms with Gasteiger partial charge >= 0.3 is 17.9 Å². The van der Waals surface area contributed by atoms with Gasteiger partial charge < -0.3 is 28.8 Å². The summed E-state index contributed by atoms with van der Waals surface area (Å²) in [4.78, 5) is 37.4. The van der Waals surface area contributed by atoms with Gasteiger partial charge in [0.1, 0.15) is 29.8 Å². The van der Waals surface area contributed by atoms with E-state index in [-0.39, 0.29) is 23.0 Å². The number of esters is 3. The first-order valence-corrected chi connectivity index (χ1v) is 16.7. The number of fused-ring (bicyclic) bond motifs is 2. The van der Waals surface area contributed by atoms with Gasteiger partial charge in [0.15, 0.2) is 5.60 Å². The predicted molar refractivity (Wildman–Crippen MR) is 185 cm³/mol. The maximum Gasteiger partial charge on any atom is 0.338 e. The smallest absolute Gasteiger partial charge is 0.338 e. The zero-order valence-electron chi connectivity index (χ0n) is 27.3. The molecule has 0 aliphatic carbocycles. The number of hydrogen-bond acceptors (Lipinski definition) is 9. The summed E-state index contributed by atoms with van der Waals surface area (Å²) in [5.74, 6) is -0.609. The number of carbonyl (C=O) groups excluding carboxylic acids is 3. The molecule has 0 bridgehead atoms. The van der Waals surface area contributed by atoms with Crippen LogP contribution in [0.1, 0.15) is 46.5 Å². The van der Waals surface area contributed by atoms with Crippen LogP contribution in [-0.4, -0.2) is 36.9 Å². The second kappa shape index (κ2) is 14.0. The summed E-state index contributed by atoms with van der Waals surface area (Å²) < 4.78 is 28.8. The summed E-state index contributed by atoms with van der Waals surface area (Å²) in [6.07, 6.45) is 0. The lowest BCUT2D eigenvalue weighted by atomic mass is 9.75. The van der Waals surface area contributed by atoms with Gasteiger partial charge in [0.25, 0.3) is 0 Å². The van der Waals surface area contributed by atoms with E-state index in [0.29, 0.717) is 22.3 Å². The number of rotatable bonds is 9. The van der Waals surface area contributed by atoms with Gasteiger partial charge in [-0.25, -0.2) is 4.79 Å². The Kier molecular flexibility index (Phi) is 9.60. The van der Waals surface area contributed by atoms with Crippen molar-refractivity contribution in [3.05, 3.63) is 137 Å². The van der Waals surface area contributed by atoms with E-state index >= 15 is 0 Å². The third-order valence-corrected chi connectivity index (χ3v) is 10.6. The molecule has 9 nitrogen and oxygen atoms in total. The molecule has 0 saturated carbocycles. The Morgan fingerprint density at radius 3 is 1.67 bits per heavy atom. The molecule has 0 atom stereocenters. The van der Waals surface area contributed by atoms with Crippen molar-refractivity contribution in [1.82, 2.24) is 0 Å². The highest BCUT2D eigenvalue weighted by atomic mass is 31.1. The van der Waals surface area contributed by atoms with E-state index in [0.717, 1.165) is 21.5 Å². The van der Waals surface area contributed by atoms with Crippen molar-refractivity contribution < 1.29 is 43.2 Å². The molecule has 0 spiro atoms. The molecule has 1 heterocycles. The number of aliphatic hydroxyl groups is 1. The molecule has 10 heteroatoms. The predicted octanol–water partition coefficient (Wildman–Crippen LogP) is 5.75. The van der Waals surface area contributed by atoms with Gasteiger partial charge in [-0.15, -0.1) is 0 Å². The van der Waals surface area contributed by atoms with Gasteiger partial charge in [0.05, 0.1) is 12.7 Å². The molecular weight excluding hydrogens is 643 g/mol. The molecule has 1 aliphatic heterocycles. The highest BCUT2D eigenvalue weighted by Crippen LogP contribution is 2.55. The summed E-state index contributed by atoms with van der Waals surface area (Å²) in [5, 5.41) is 13.4. The van der Waals surface area contributed by atoms with E-state index in [4.69, 9.17) is 23.7 Å². The van der Waals surface area contributed by atoms with E-state index in [2.05, 4.69) is 0 Å². The lowest BCUT2D eigenvalue weighted by Gasteiger charge is -2.41. The zero-order valence-corrected chi connectivity index (χ0v) is 28.2. The molecular formula is C39H33O9P. The minimum Gasteiger partial charge on any atom is -0.465 e. The lowest BCUT2D eigenvalue weighted by molar-refractivity contribution is -0.132. The summed E-state index contributed by atoms with van der Waals surface area (Å²) in [5.41, 5.74) is 1.02.